The van der Waals surface area contributed by atoms with Gasteiger partial charge >= 0.3 is 0 Å². The second-order valence-electron chi connectivity index (χ2n) is 5.42. The SMILES string of the molecule is CCCN1CCN(C(=O)COc2ccc(Cl)cc2C)CC1. The van der Waals surface area contributed by atoms with E-state index in [1.54, 1.807) is 6.07 Å². The molecule has 1 heterocycles. The molecule has 1 fully saturated rings. The van der Waals surface area contributed by atoms with Crippen molar-refractivity contribution in [1.29, 1.82) is 0 Å². The summed E-state index contributed by atoms with van der Waals surface area (Å²) in [5.74, 6) is 0.776. The van der Waals surface area contributed by atoms with Crippen molar-refractivity contribution in [3.05, 3.63) is 28.8 Å². The van der Waals surface area contributed by atoms with E-state index < -0.39 is 0 Å². The maximum atomic E-state index is 12.2. The number of piperazine rings is 1. The third-order valence-corrected chi connectivity index (χ3v) is 3.99. The molecule has 2 rings (SSSR count). The van der Waals surface area contributed by atoms with Crippen molar-refractivity contribution in [3.63, 3.8) is 0 Å². The summed E-state index contributed by atoms with van der Waals surface area (Å²) in [6, 6.07) is 5.42. The minimum atomic E-state index is 0.0560. The van der Waals surface area contributed by atoms with Gasteiger partial charge in [0.25, 0.3) is 5.91 Å². The number of aryl methyl sites for hydroxylation is 1. The van der Waals surface area contributed by atoms with Gasteiger partial charge in [-0.3, -0.25) is 9.69 Å². The van der Waals surface area contributed by atoms with E-state index in [0.717, 1.165) is 50.5 Å². The molecule has 4 nitrogen and oxygen atoms in total. The summed E-state index contributed by atoms with van der Waals surface area (Å²) in [5.41, 5.74) is 0.947. The molecule has 116 valence electrons. The largest absolute Gasteiger partial charge is 0.483 e. The summed E-state index contributed by atoms with van der Waals surface area (Å²) in [6.45, 7) is 8.82. The fraction of sp³-hybridized carbons (Fsp3) is 0.562. The van der Waals surface area contributed by atoms with E-state index in [9.17, 15) is 4.79 Å². The highest BCUT2D eigenvalue weighted by atomic mass is 35.5. The zero-order valence-electron chi connectivity index (χ0n) is 12.8. The first-order valence-electron chi connectivity index (χ1n) is 7.49. The van der Waals surface area contributed by atoms with Gasteiger partial charge in [0.15, 0.2) is 6.61 Å². The number of rotatable bonds is 5. The lowest BCUT2D eigenvalue weighted by Crippen LogP contribution is -2.50. The highest BCUT2D eigenvalue weighted by Gasteiger charge is 2.20. The predicted octanol–water partition coefficient (Wildman–Crippen LogP) is 2.58. The molecule has 0 bridgehead atoms. The molecule has 0 radical (unpaired) electrons. The monoisotopic (exact) mass is 310 g/mol. The summed E-state index contributed by atoms with van der Waals surface area (Å²) < 4.78 is 5.62. The van der Waals surface area contributed by atoms with Gasteiger partial charge in [-0.25, -0.2) is 0 Å². The Labute approximate surface area is 131 Å². The van der Waals surface area contributed by atoms with E-state index >= 15 is 0 Å². The lowest BCUT2D eigenvalue weighted by Gasteiger charge is -2.34. The molecule has 0 unspecified atom stereocenters. The van der Waals surface area contributed by atoms with Gasteiger partial charge in [0.1, 0.15) is 5.75 Å². The summed E-state index contributed by atoms with van der Waals surface area (Å²) in [7, 11) is 0. The van der Waals surface area contributed by atoms with E-state index in [0.29, 0.717) is 5.02 Å². The third-order valence-electron chi connectivity index (χ3n) is 3.75. The Morgan fingerprint density at radius 1 is 1.29 bits per heavy atom. The highest BCUT2D eigenvalue weighted by molar-refractivity contribution is 6.30. The average Bonchev–Trinajstić information content (AvgIpc) is 2.47. The Morgan fingerprint density at radius 2 is 2.00 bits per heavy atom. The van der Waals surface area contributed by atoms with Gasteiger partial charge in [-0.15, -0.1) is 0 Å². The molecule has 5 heteroatoms. The minimum absolute atomic E-state index is 0.0560. The van der Waals surface area contributed by atoms with Gasteiger partial charge in [-0.1, -0.05) is 18.5 Å². The third kappa shape index (κ3) is 4.61. The van der Waals surface area contributed by atoms with Crippen LogP contribution in [0.4, 0.5) is 0 Å². The lowest BCUT2D eigenvalue weighted by molar-refractivity contribution is -0.135. The van der Waals surface area contributed by atoms with Crippen LogP contribution in [0, 0.1) is 6.92 Å². The van der Waals surface area contributed by atoms with Crippen molar-refractivity contribution in [3.8, 4) is 5.75 Å². The zero-order chi connectivity index (χ0) is 15.2. The van der Waals surface area contributed by atoms with Crippen molar-refractivity contribution in [2.24, 2.45) is 0 Å². The molecule has 1 aliphatic rings. The van der Waals surface area contributed by atoms with Crippen LogP contribution in [0.2, 0.25) is 5.02 Å². The Morgan fingerprint density at radius 3 is 2.62 bits per heavy atom. The normalized spacial score (nSPS) is 16.0. The van der Waals surface area contributed by atoms with Gasteiger partial charge in [0.2, 0.25) is 0 Å². The number of carbonyl (C=O) groups is 1. The summed E-state index contributed by atoms with van der Waals surface area (Å²) >= 11 is 5.91. The molecule has 21 heavy (non-hydrogen) atoms. The van der Waals surface area contributed by atoms with Crippen LogP contribution in [0.5, 0.6) is 5.75 Å². The number of ether oxygens (including phenoxy) is 1. The fourth-order valence-electron chi connectivity index (χ4n) is 2.54. The van der Waals surface area contributed by atoms with Crippen molar-refractivity contribution < 1.29 is 9.53 Å². The van der Waals surface area contributed by atoms with Crippen LogP contribution in [-0.4, -0.2) is 55.0 Å². The highest BCUT2D eigenvalue weighted by Crippen LogP contribution is 2.21. The molecular formula is C16H23ClN2O2. The first kappa shape index (κ1) is 16.1. The van der Waals surface area contributed by atoms with Crippen molar-refractivity contribution in [2.75, 3.05) is 39.3 Å². The Hall–Kier alpha value is -1.26. The number of carbonyl (C=O) groups excluding carboxylic acids is 1. The van der Waals surface area contributed by atoms with Gasteiger partial charge in [-0.05, 0) is 43.7 Å². The molecule has 1 amide bonds. The Kier molecular flexibility index (Phi) is 5.88. The maximum Gasteiger partial charge on any atom is 0.260 e. The zero-order valence-corrected chi connectivity index (χ0v) is 13.5. The lowest BCUT2D eigenvalue weighted by atomic mass is 10.2. The topological polar surface area (TPSA) is 32.8 Å². The minimum Gasteiger partial charge on any atom is -0.483 e. The smallest absolute Gasteiger partial charge is 0.260 e. The van der Waals surface area contributed by atoms with Gasteiger partial charge in [0.05, 0.1) is 0 Å². The Bertz CT molecular complexity index is 485. The van der Waals surface area contributed by atoms with Gasteiger partial charge in [0, 0.05) is 31.2 Å². The van der Waals surface area contributed by atoms with Crippen LogP contribution < -0.4 is 4.74 Å². The number of hydrogen-bond donors (Lipinski definition) is 0. The molecule has 0 N–H and O–H groups in total. The van der Waals surface area contributed by atoms with E-state index in [-0.39, 0.29) is 12.5 Å². The maximum absolute atomic E-state index is 12.2. The van der Waals surface area contributed by atoms with E-state index in [2.05, 4.69) is 11.8 Å². The molecule has 1 aromatic carbocycles. The molecule has 0 atom stereocenters. The molecule has 1 saturated heterocycles. The van der Waals surface area contributed by atoms with Gasteiger partial charge in [-0.2, -0.15) is 0 Å². The molecule has 0 aromatic heterocycles. The number of benzene rings is 1. The molecular weight excluding hydrogens is 288 g/mol. The Balaban J connectivity index is 1.80. The first-order chi connectivity index (χ1) is 10.1. The van der Waals surface area contributed by atoms with Crippen molar-refractivity contribution in [2.45, 2.75) is 20.3 Å². The molecule has 0 saturated carbocycles. The molecule has 0 aliphatic carbocycles. The standard InChI is InChI=1S/C16H23ClN2O2/c1-3-6-18-7-9-19(10-8-18)16(20)12-21-15-5-4-14(17)11-13(15)2/h4-5,11H,3,6-10,12H2,1-2H3. The predicted molar refractivity (Wildman–Crippen MR) is 85.0 cm³/mol. The number of halogens is 1. The van der Waals surface area contributed by atoms with Crippen LogP contribution in [0.1, 0.15) is 18.9 Å². The van der Waals surface area contributed by atoms with E-state index in [1.165, 1.54) is 0 Å². The molecule has 1 aliphatic heterocycles. The van der Waals surface area contributed by atoms with Crippen LogP contribution in [0.25, 0.3) is 0 Å². The molecule has 1 aromatic rings. The number of amides is 1. The van der Waals surface area contributed by atoms with Crippen molar-refractivity contribution >= 4 is 17.5 Å². The number of nitrogens with zero attached hydrogens (tertiary/aromatic N) is 2. The van der Waals surface area contributed by atoms with Gasteiger partial charge < -0.3 is 9.64 Å². The quantitative estimate of drug-likeness (QED) is 0.838. The number of hydrogen-bond acceptors (Lipinski definition) is 3. The van der Waals surface area contributed by atoms with E-state index in [4.69, 9.17) is 16.3 Å². The second kappa shape index (κ2) is 7.66. The summed E-state index contributed by atoms with van der Waals surface area (Å²) in [5, 5.41) is 0.679. The van der Waals surface area contributed by atoms with Crippen LogP contribution in [0.3, 0.4) is 0 Å². The first-order valence-corrected chi connectivity index (χ1v) is 7.87. The fourth-order valence-corrected chi connectivity index (χ4v) is 2.77. The van der Waals surface area contributed by atoms with E-state index in [1.807, 2.05) is 24.0 Å². The van der Waals surface area contributed by atoms with Crippen molar-refractivity contribution in [1.82, 2.24) is 9.80 Å². The van der Waals surface area contributed by atoms with Crippen LogP contribution in [-0.2, 0) is 4.79 Å². The molecule has 0 spiro atoms. The summed E-state index contributed by atoms with van der Waals surface area (Å²) in [6.07, 6.45) is 1.16. The van der Waals surface area contributed by atoms with Crippen LogP contribution >= 0.6 is 11.6 Å². The average molecular weight is 311 g/mol. The van der Waals surface area contributed by atoms with Crippen LogP contribution in [0.15, 0.2) is 18.2 Å². The second-order valence-corrected chi connectivity index (χ2v) is 5.86. The summed E-state index contributed by atoms with van der Waals surface area (Å²) in [4.78, 5) is 16.5.